The summed E-state index contributed by atoms with van der Waals surface area (Å²) in [6.45, 7) is 4.06. The van der Waals surface area contributed by atoms with Gasteiger partial charge in [0.1, 0.15) is 5.82 Å². The van der Waals surface area contributed by atoms with Gasteiger partial charge in [-0.25, -0.2) is 4.39 Å². The maximum atomic E-state index is 14.9. The van der Waals surface area contributed by atoms with Crippen molar-refractivity contribution in [3.63, 3.8) is 0 Å². The van der Waals surface area contributed by atoms with Crippen LogP contribution in [0.4, 0.5) is 4.39 Å². The SMILES string of the molecule is Cc1ccc(-c2ccccn2)c(C(=O)N2CC[C@H]3CNC3C2)c1F. The first-order chi connectivity index (χ1) is 11.6. The molecule has 4 rings (SSSR count). The molecule has 0 saturated carbocycles. The van der Waals surface area contributed by atoms with Crippen molar-refractivity contribution in [1.29, 1.82) is 0 Å². The molecule has 4 nitrogen and oxygen atoms in total. The van der Waals surface area contributed by atoms with E-state index in [2.05, 4.69) is 10.3 Å². The highest BCUT2D eigenvalue weighted by atomic mass is 19.1. The Morgan fingerprint density at radius 1 is 1.33 bits per heavy atom. The molecule has 1 N–H and O–H groups in total. The molecule has 5 heteroatoms. The second-order valence-corrected chi connectivity index (χ2v) is 6.65. The standard InChI is InChI=1S/C19H20FN3O/c1-12-5-6-14(15-4-2-3-8-21-15)17(18(12)20)19(24)23-9-7-13-10-22-16(13)11-23/h2-6,8,13,16,22H,7,9-11H2,1H3/t13-,16?/m0/s1. The number of carbonyl (C=O) groups excluding carboxylic acids is 1. The lowest BCUT2D eigenvalue weighted by Gasteiger charge is -2.46. The van der Waals surface area contributed by atoms with E-state index in [0.29, 0.717) is 41.9 Å². The number of likely N-dealkylation sites (tertiary alicyclic amines) is 1. The van der Waals surface area contributed by atoms with Crippen LogP contribution < -0.4 is 5.32 Å². The number of nitrogens with zero attached hydrogens (tertiary/aromatic N) is 2. The summed E-state index contributed by atoms with van der Waals surface area (Å²) in [5.74, 6) is -0.0116. The largest absolute Gasteiger partial charge is 0.337 e. The van der Waals surface area contributed by atoms with E-state index >= 15 is 0 Å². The van der Waals surface area contributed by atoms with Crippen molar-refractivity contribution in [2.75, 3.05) is 19.6 Å². The molecule has 2 fully saturated rings. The van der Waals surface area contributed by atoms with Gasteiger partial charge >= 0.3 is 0 Å². The van der Waals surface area contributed by atoms with Gasteiger partial charge in [-0.3, -0.25) is 9.78 Å². The van der Waals surface area contributed by atoms with Crippen LogP contribution in [-0.4, -0.2) is 41.5 Å². The Labute approximate surface area is 140 Å². The lowest BCUT2D eigenvalue weighted by Crippen LogP contribution is -2.62. The Hall–Kier alpha value is -2.27. The van der Waals surface area contributed by atoms with Crippen molar-refractivity contribution in [1.82, 2.24) is 15.2 Å². The third-order valence-electron chi connectivity index (χ3n) is 5.18. The van der Waals surface area contributed by atoms with E-state index in [1.54, 1.807) is 36.2 Å². The van der Waals surface area contributed by atoms with Crippen molar-refractivity contribution in [3.05, 3.63) is 53.5 Å². The van der Waals surface area contributed by atoms with Gasteiger partial charge in [0, 0.05) is 30.9 Å². The number of halogens is 1. The van der Waals surface area contributed by atoms with Crippen LogP contribution in [0.2, 0.25) is 0 Å². The van der Waals surface area contributed by atoms with Crippen LogP contribution in [0.1, 0.15) is 22.3 Å². The number of carbonyl (C=O) groups is 1. The van der Waals surface area contributed by atoms with Gasteiger partial charge in [-0.1, -0.05) is 18.2 Å². The Morgan fingerprint density at radius 2 is 2.21 bits per heavy atom. The lowest BCUT2D eigenvalue weighted by atomic mass is 9.84. The minimum Gasteiger partial charge on any atom is -0.337 e. The third kappa shape index (κ3) is 2.49. The summed E-state index contributed by atoms with van der Waals surface area (Å²) >= 11 is 0. The van der Waals surface area contributed by atoms with Gasteiger partial charge in [0.05, 0.1) is 11.3 Å². The Kier molecular flexibility index (Phi) is 3.81. The molecular weight excluding hydrogens is 305 g/mol. The first-order valence-corrected chi connectivity index (χ1v) is 8.38. The van der Waals surface area contributed by atoms with Gasteiger partial charge in [-0.2, -0.15) is 0 Å². The minimum atomic E-state index is -0.438. The second-order valence-electron chi connectivity index (χ2n) is 6.65. The van der Waals surface area contributed by atoms with Gasteiger partial charge < -0.3 is 10.2 Å². The van der Waals surface area contributed by atoms with Crippen LogP contribution in [0, 0.1) is 18.7 Å². The van der Waals surface area contributed by atoms with Crippen LogP contribution in [0.15, 0.2) is 36.5 Å². The van der Waals surface area contributed by atoms with Crippen molar-refractivity contribution in [2.45, 2.75) is 19.4 Å². The summed E-state index contributed by atoms with van der Waals surface area (Å²) in [5, 5.41) is 3.36. The smallest absolute Gasteiger partial charge is 0.257 e. The summed E-state index contributed by atoms with van der Waals surface area (Å²) in [4.78, 5) is 19.1. The summed E-state index contributed by atoms with van der Waals surface area (Å²) in [5.41, 5.74) is 1.81. The highest BCUT2D eigenvalue weighted by Crippen LogP contribution is 2.30. The quantitative estimate of drug-likeness (QED) is 0.923. The molecule has 0 radical (unpaired) electrons. The molecule has 3 heterocycles. The summed E-state index contributed by atoms with van der Waals surface area (Å²) < 4.78 is 14.9. The van der Waals surface area contributed by atoms with Crippen LogP contribution in [-0.2, 0) is 0 Å². The molecule has 2 atom stereocenters. The maximum Gasteiger partial charge on any atom is 0.257 e. The molecule has 2 aromatic rings. The molecule has 1 aromatic heterocycles. The van der Waals surface area contributed by atoms with E-state index < -0.39 is 5.82 Å². The fourth-order valence-corrected chi connectivity index (χ4v) is 3.59. The average Bonchev–Trinajstić information content (AvgIpc) is 2.58. The van der Waals surface area contributed by atoms with Crippen LogP contribution in [0.5, 0.6) is 0 Å². The summed E-state index contributed by atoms with van der Waals surface area (Å²) in [6, 6.07) is 9.31. The van der Waals surface area contributed by atoms with Gasteiger partial charge in [0.2, 0.25) is 0 Å². The molecule has 1 unspecified atom stereocenters. The van der Waals surface area contributed by atoms with Gasteiger partial charge in [0.15, 0.2) is 0 Å². The second kappa shape index (κ2) is 5.98. The van der Waals surface area contributed by atoms with Crippen molar-refractivity contribution in [2.24, 2.45) is 5.92 Å². The first kappa shape index (κ1) is 15.3. The number of hydrogen-bond donors (Lipinski definition) is 1. The molecule has 0 aliphatic carbocycles. The Morgan fingerprint density at radius 3 is 2.88 bits per heavy atom. The van der Waals surface area contributed by atoms with E-state index in [9.17, 15) is 9.18 Å². The van der Waals surface area contributed by atoms with Gasteiger partial charge in [-0.05, 0) is 43.5 Å². The summed E-state index contributed by atoms with van der Waals surface area (Å²) in [7, 11) is 0. The third-order valence-corrected chi connectivity index (χ3v) is 5.18. The predicted octanol–water partition coefficient (Wildman–Crippen LogP) is 2.63. The molecule has 1 aromatic carbocycles. The Balaban J connectivity index is 1.73. The zero-order chi connectivity index (χ0) is 16.7. The van der Waals surface area contributed by atoms with Crippen LogP contribution in [0.3, 0.4) is 0 Å². The molecule has 2 saturated heterocycles. The number of fused-ring (bicyclic) bond motifs is 1. The molecular formula is C19H20FN3O. The number of benzene rings is 1. The molecule has 0 spiro atoms. The summed E-state index contributed by atoms with van der Waals surface area (Å²) in [6.07, 6.45) is 2.64. The monoisotopic (exact) mass is 325 g/mol. The molecule has 2 aliphatic rings. The highest BCUT2D eigenvalue weighted by Gasteiger charge is 2.38. The zero-order valence-corrected chi connectivity index (χ0v) is 13.6. The molecule has 124 valence electrons. The number of rotatable bonds is 2. The number of aryl methyl sites for hydroxylation is 1. The molecule has 24 heavy (non-hydrogen) atoms. The molecule has 2 aliphatic heterocycles. The highest BCUT2D eigenvalue weighted by molar-refractivity contribution is 6.01. The van der Waals surface area contributed by atoms with E-state index in [-0.39, 0.29) is 11.5 Å². The maximum absolute atomic E-state index is 14.9. The number of hydrogen-bond acceptors (Lipinski definition) is 3. The fraction of sp³-hybridized carbons (Fsp3) is 0.368. The van der Waals surface area contributed by atoms with Gasteiger partial charge in [0.25, 0.3) is 5.91 Å². The number of aromatic nitrogens is 1. The average molecular weight is 325 g/mol. The number of piperidine rings is 1. The normalized spacial score (nSPS) is 22.7. The Bertz CT molecular complexity index is 778. The van der Waals surface area contributed by atoms with Crippen molar-refractivity contribution < 1.29 is 9.18 Å². The van der Waals surface area contributed by atoms with Crippen LogP contribution in [0.25, 0.3) is 11.3 Å². The number of amides is 1. The minimum absolute atomic E-state index is 0.145. The fourth-order valence-electron chi connectivity index (χ4n) is 3.59. The van der Waals surface area contributed by atoms with E-state index in [4.69, 9.17) is 0 Å². The van der Waals surface area contributed by atoms with Crippen molar-refractivity contribution >= 4 is 5.91 Å². The lowest BCUT2D eigenvalue weighted by molar-refractivity contribution is 0.0515. The molecule has 0 bridgehead atoms. The van der Waals surface area contributed by atoms with Crippen LogP contribution >= 0.6 is 0 Å². The number of pyridine rings is 1. The topological polar surface area (TPSA) is 45.2 Å². The van der Waals surface area contributed by atoms with E-state index in [0.717, 1.165) is 13.0 Å². The zero-order valence-electron chi connectivity index (χ0n) is 13.6. The van der Waals surface area contributed by atoms with Crippen molar-refractivity contribution in [3.8, 4) is 11.3 Å². The number of nitrogens with one attached hydrogen (secondary N) is 1. The van der Waals surface area contributed by atoms with E-state index in [1.165, 1.54) is 0 Å². The first-order valence-electron chi connectivity index (χ1n) is 8.38. The van der Waals surface area contributed by atoms with E-state index in [1.807, 2.05) is 12.1 Å². The predicted molar refractivity (Wildman–Crippen MR) is 90.2 cm³/mol. The van der Waals surface area contributed by atoms with Gasteiger partial charge in [-0.15, -0.1) is 0 Å². The molecule has 1 amide bonds.